The second-order valence-electron chi connectivity index (χ2n) is 2.60. The number of hydrogen-bond acceptors (Lipinski definition) is 3. The van der Waals surface area contributed by atoms with Crippen molar-refractivity contribution in [3.63, 3.8) is 0 Å². The molecule has 5 heteroatoms. The van der Waals surface area contributed by atoms with E-state index in [1.165, 1.54) is 0 Å². The van der Waals surface area contributed by atoms with Gasteiger partial charge in [-0.3, -0.25) is 4.79 Å². The Morgan fingerprint density at radius 2 is 2.31 bits per heavy atom. The van der Waals surface area contributed by atoms with Gasteiger partial charge in [-0.2, -0.15) is 0 Å². The predicted molar refractivity (Wildman–Crippen MR) is 40.3 cm³/mol. The minimum atomic E-state index is -3.38. The van der Waals surface area contributed by atoms with Crippen molar-refractivity contribution in [1.82, 2.24) is 0 Å². The molecule has 0 fully saturated rings. The normalized spacial score (nSPS) is 25.2. The first-order chi connectivity index (χ1) is 5.97. The third-order valence-electron chi connectivity index (χ3n) is 1.67. The highest BCUT2D eigenvalue weighted by molar-refractivity contribution is 5.76. The van der Waals surface area contributed by atoms with Crippen LogP contribution in [0.1, 0.15) is 0 Å². The van der Waals surface area contributed by atoms with Gasteiger partial charge < -0.3 is 9.84 Å². The number of ether oxygens (including phenoxy) is 1. The standard InChI is InChI=1S/C8H8F2O3/c1-13-7(12)6-3-2-5(11)4-8(6,9)10/h2-4,6,11H,1H3. The highest BCUT2D eigenvalue weighted by Crippen LogP contribution is 2.32. The van der Waals surface area contributed by atoms with Crippen LogP contribution in [0.15, 0.2) is 24.0 Å². The van der Waals surface area contributed by atoms with Crippen LogP contribution in [-0.4, -0.2) is 24.1 Å². The number of halogens is 2. The number of allylic oxidation sites excluding steroid dienone is 2. The van der Waals surface area contributed by atoms with Crippen LogP contribution in [-0.2, 0) is 9.53 Å². The zero-order valence-electron chi connectivity index (χ0n) is 6.83. The Labute approximate surface area is 73.3 Å². The molecule has 0 bridgehead atoms. The van der Waals surface area contributed by atoms with Crippen molar-refractivity contribution in [1.29, 1.82) is 0 Å². The van der Waals surface area contributed by atoms with E-state index in [2.05, 4.69) is 4.74 Å². The van der Waals surface area contributed by atoms with Crippen LogP contribution < -0.4 is 0 Å². The number of aliphatic hydroxyl groups is 1. The summed E-state index contributed by atoms with van der Waals surface area (Å²) in [6.07, 6.45) is 2.29. The van der Waals surface area contributed by atoms with Gasteiger partial charge in [0.1, 0.15) is 11.7 Å². The molecule has 0 amide bonds. The molecule has 1 unspecified atom stereocenters. The number of carbonyl (C=O) groups is 1. The highest BCUT2D eigenvalue weighted by Gasteiger charge is 2.43. The van der Waals surface area contributed by atoms with Gasteiger partial charge >= 0.3 is 5.97 Å². The Kier molecular flexibility index (Phi) is 2.36. The molecule has 0 aromatic heterocycles. The van der Waals surface area contributed by atoms with Gasteiger partial charge in [0.25, 0.3) is 5.92 Å². The van der Waals surface area contributed by atoms with Crippen molar-refractivity contribution < 1.29 is 23.4 Å². The summed E-state index contributed by atoms with van der Waals surface area (Å²) >= 11 is 0. The number of esters is 1. The first kappa shape index (κ1) is 9.70. The Morgan fingerprint density at radius 1 is 1.69 bits per heavy atom. The molecule has 72 valence electrons. The van der Waals surface area contributed by atoms with Gasteiger partial charge in [0.15, 0.2) is 0 Å². The lowest BCUT2D eigenvalue weighted by Crippen LogP contribution is -2.34. The van der Waals surface area contributed by atoms with Crippen LogP contribution >= 0.6 is 0 Å². The Hall–Kier alpha value is -1.39. The van der Waals surface area contributed by atoms with E-state index in [1.54, 1.807) is 0 Å². The summed E-state index contributed by atoms with van der Waals surface area (Å²) < 4.78 is 30.1. The molecule has 0 heterocycles. The van der Waals surface area contributed by atoms with Gasteiger partial charge in [-0.05, 0) is 6.08 Å². The maximum Gasteiger partial charge on any atom is 0.319 e. The van der Waals surface area contributed by atoms with Crippen molar-refractivity contribution in [2.75, 3.05) is 7.11 Å². The van der Waals surface area contributed by atoms with Gasteiger partial charge in [0, 0.05) is 6.08 Å². The van der Waals surface area contributed by atoms with E-state index in [1.807, 2.05) is 0 Å². The second kappa shape index (κ2) is 3.16. The first-order valence-electron chi connectivity index (χ1n) is 3.53. The van der Waals surface area contributed by atoms with Gasteiger partial charge in [-0.25, -0.2) is 8.78 Å². The maximum atomic E-state index is 13.0. The number of methoxy groups -OCH3 is 1. The number of alkyl halides is 2. The average Bonchev–Trinajstić information content (AvgIpc) is 2.01. The lowest BCUT2D eigenvalue weighted by atomic mass is 9.96. The summed E-state index contributed by atoms with van der Waals surface area (Å²) in [5.41, 5.74) is 0. The summed E-state index contributed by atoms with van der Waals surface area (Å²) in [6.45, 7) is 0. The molecule has 1 aliphatic carbocycles. The fraction of sp³-hybridized carbons (Fsp3) is 0.375. The van der Waals surface area contributed by atoms with Crippen molar-refractivity contribution in [3.8, 4) is 0 Å². The molecule has 13 heavy (non-hydrogen) atoms. The summed E-state index contributed by atoms with van der Waals surface area (Å²) in [6, 6.07) is 0. The van der Waals surface area contributed by atoms with Crippen LogP contribution in [0, 0.1) is 5.92 Å². The molecule has 0 radical (unpaired) electrons. The van der Waals surface area contributed by atoms with Crippen molar-refractivity contribution >= 4 is 5.97 Å². The van der Waals surface area contributed by atoms with Gasteiger partial charge in [-0.15, -0.1) is 0 Å². The van der Waals surface area contributed by atoms with E-state index in [-0.39, 0.29) is 0 Å². The quantitative estimate of drug-likeness (QED) is 0.636. The zero-order chi connectivity index (χ0) is 10.1. The maximum absolute atomic E-state index is 13.0. The molecule has 0 aromatic rings. The Balaban J connectivity index is 2.91. The molecule has 0 aliphatic heterocycles. The monoisotopic (exact) mass is 190 g/mol. The minimum Gasteiger partial charge on any atom is -0.508 e. The third-order valence-corrected chi connectivity index (χ3v) is 1.67. The topological polar surface area (TPSA) is 46.5 Å². The Bertz CT molecular complexity index is 281. The summed E-state index contributed by atoms with van der Waals surface area (Å²) in [5, 5.41) is 8.76. The molecule has 0 aromatic carbocycles. The second-order valence-corrected chi connectivity index (χ2v) is 2.60. The summed E-state index contributed by atoms with van der Waals surface area (Å²) in [7, 11) is 1.03. The van der Waals surface area contributed by atoms with Crippen LogP contribution in [0.3, 0.4) is 0 Å². The predicted octanol–water partition coefficient (Wildman–Crippen LogP) is 1.42. The smallest absolute Gasteiger partial charge is 0.319 e. The molecule has 0 spiro atoms. The van der Waals surface area contributed by atoms with E-state index in [9.17, 15) is 13.6 Å². The van der Waals surface area contributed by atoms with E-state index < -0.39 is 23.6 Å². The van der Waals surface area contributed by atoms with Crippen LogP contribution in [0.25, 0.3) is 0 Å². The summed E-state index contributed by atoms with van der Waals surface area (Å²) in [5.74, 6) is -6.60. The van der Waals surface area contributed by atoms with Crippen molar-refractivity contribution in [2.24, 2.45) is 5.92 Å². The molecule has 1 aliphatic rings. The third kappa shape index (κ3) is 1.85. The highest BCUT2D eigenvalue weighted by atomic mass is 19.3. The molecule has 1 N–H and O–H groups in total. The van der Waals surface area contributed by atoms with Crippen molar-refractivity contribution in [3.05, 3.63) is 24.0 Å². The molecule has 3 nitrogen and oxygen atoms in total. The van der Waals surface area contributed by atoms with Crippen molar-refractivity contribution in [2.45, 2.75) is 5.92 Å². The molecule has 1 atom stereocenters. The minimum absolute atomic E-state index is 0.328. The van der Waals surface area contributed by atoms with Crippen LogP contribution in [0.5, 0.6) is 0 Å². The number of carbonyl (C=O) groups excluding carboxylic acids is 1. The lowest BCUT2D eigenvalue weighted by Gasteiger charge is -2.21. The molecule has 0 saturated heterocycles. The largest absolute Gasteiger partial charge is 0.508 e. The molecule has 1 rings (SSSR count). The van der Waals surface area contributed by atoms with E-state index in [0.29, 0.717) is 6.08 Å². The lowest BCUT2D eigenvalue weighted by molar-refractivity contribution is -0.152. The van der Waals surface area contributed by atoms with Crippen LogP contribution in [0.4, 0.5) is 8.78 Å². The number of aliphatic hydroxyl groups excluding tert-OH is 1. The SMILES string of the molecule is COC(=O)C1C=CC(O)=CC1(F)F. The number of hydrogen-bond donors (Lipinski definition) is 1. The van der Waals surface area contributed by atoms with Crippen LogP contribution in [0.2, 0.25) is 0 Å². The fourth-order valence-corrected chi connectivity index (χ4v) is 1.02. The Morgan fingerprint density at radius 3 is 2.77 bits per heavy atom. The first-order valence-corrected chi connectivity index (χ1v) is 3.53. The summed E-state index contributed by atoms with van der Waals surface area (Å²) in [4.78, 5) is 10.8. The average molecular weight is 190 g/mol. The van der Waals surface area contributed by atoms with E-state index in [0.717, 1.165) is 19.3 Å². The van der Waals surface area contributed by atoms with E-state index in [4.69, 9.17) is 5.11 Å². The zero-order valence-corrected chi connectivity index (χ0v) is 6.83. The van der Waals surface area contributed by atoms with Gasteiger partial charge in [0.05, 0.1) is 7.11 Å². The fourth-order valence-electron chi connectivity index (χ4n) is 1.02. The van der Waals surface area contributed by atoms with Gasteiger partial charge in [0.2, 0.25) is 0 Å². The van der Waals surface area contributed by atoms with E-state index >= 15 is 0 Å². The molecule has 0 saturated carbocycles. The van der Waals surface area contributed by atoms with Gasteiger partial charge in [-0.1, -0.05) is 6.08 Å². The molecular weight excluding hydrogens is 182 g/mol. The molecular formula is C8H8F2O3. The number of rotatable bonds is 1.